The lowest BCUT2D eigenvalue weighted by molar-refractivity contribution is -0.198. The van der Waals surface area contributed by atoms with Gasteiger partial charge in [0.2, 0.25) is 0 Å². The number of aromatic carboxylic acids is 1. The standard InChI is InChI=1S/C12H10F3N3O3/c13-12(14,15)9(19)4-16-10-7-2-1-6(11(20)21)3-8(7)17-5-18-10/h1-3,5,9,19H,4H2,(H,20,21)(H,16,17,18). The number of benzene rings is 1. The molecule has 1 aromatic heterocycles. The van der Waals surface area contributed by atoms with E-state index in [1.54, 1.807) is 0 Å². The van der Waals surface area contributed by atoms with Crippen molar-refractivity contribution in [1.29, 1.82) is 0 Å². The number of anilines is 1. The molecule has 0 aliphatic rings. The third-order valence-electron chi connectivity index (χ3n) is 2.72. The number of nitrogens with one attached hydrogen (secondary N) is 1. The Hall–Kier alpha value is -2.42. The Morgan fingerprint density at radius 2 is 2.05 bits per heavy atom. The Bertz CT molecular complexity index is 676. The Labute approximate surface area is 116 Å². The molecule has 0 radical (unpaired) electrons. The van der Waals surface area contributed by atoms with E-state index >= 15 is 0 Å². The fourth-order valence-electron chi connectivity index (χ4n) is 1.64. The second-order valence-corrected chi connectivity index (χ2v) is 4.20. The van der Waals surface area contributed by atoms with Crippen LogP contribution in [-0.2, 0) is 0 Å². The van der Waals surface area contributed by atoms with Crippen molar-refractivity contribution in [2.45, 2.75) is 12.3 Å². The molecule has 0 aliphatic heterocycles. The lowest BCUT2D eigenvalue weighted by Crippen LogP contribution is -2.35. The van der Waals surface area contributed by atoms with Gasteiger partial charge in [0, 0.05) is 5.39 Å². The van der Waals surface area contributed by atoms with Crippen LogP contribution in [-0.4, -0.2) is 45.0 Å². The molecule has 0 fully saturated rings. The molecule has 112 valence electrons. The monoisotopic (exact) mass is 301 g/mol. The van der Waals surface area contributed by atoms with Gasteiger partial charge in [-0.3, -0.25) is 0 Å². The number of aliphatic hydroxyl groups is 1. The van der Waals surface area contributed by atoms with Crippen LogP contribution in [0.1, 0.15) is 10.4 Å². The maximum Gasteiger partial charge on any atom is 0.416 e. The van der Waals surface area contributed by atoms with Crippen LogP contribution in [0.5, 0.6) is 0 Å². The molecule has 1 aromatic carbocycles. The molecule has 0 saturated carbocycles. The molecule has 1 unspecified atom stereocenters. The smallest absolute Gasteiger partial charge is 0.416 e. The van der Waals surface area contributed by atoms with Crippen molar-refractivity contribution in [3.63, 3.8) is 0 Å². The number of fused-ring (bicyclic) bond motifs is 1. The molecule has 0 saturated heterocycles. The van der Waals surface area contributed by atoms with Crippen molar-refractivity contribution in [2.75, 3.05) is 11.9 Å². The zero-order chi connectivity index (χ0) is 15.6. The fraction of sp³-hybridized carbons (Fsp3) is 0.250. The quantitative estimate of drug-likeness (QED) is 0.795. The Morgan fingerprint density at radius 3 is 2.67 bits per heavy atom. The highest BCUT2D eigenvalue weighted by molar-refractivity contribution is 5.96. The van der Waals surface area contributed by atoms with Gasteiger partial charge in [-0.05, 0) is 18.2 Å². The van der Waals surface area contributed by atoms with E-state index in [0.717, 1.165) is 6.33 Å². The summed E-state index contributed by atoms with van der Waals surface area (Å²) < 4.78 is 36.7. The summed E-state index contributed by atoms with van der Waals surface area (Å²) in [5.41, 5.74) is 0.274. The summed E-state index contributed by atoms with van der Waals surface area (Å²) >= 11 is 0. The minimum absolute atomic E-state index is 0.00229. The number of halogens is 3. The van der Waals surface area contributed by atoms with E-state index in [1.165, 1.54) is 18.2 Å². The van der Waals surface area contributed by atoms with E-state index in [1.807, 2.05) is 0 Å². The summed E-state index contributed by atoms with van der Waals surface area (Å²) in [6.07, 6.45) is -6.16. The van der Waals surface area contributed by atoms with Gasteiger partial charge in [0.1, 0.15) is 12.1 Å². The van der Waals surface area contributed by atoms with E-state index < -0.39 is 24.8 Å². The van der Waals surface area contributed by atoms with E-state index in [4.69, 9.17) is 10.2 Å². The van der Waals surface area contributed by atoms with Gasteiger partial charge in [-0.25, -0.2) is 14.8 Å². The third kappa shape index (κ3) is 3.37. The predicted octanol–water partition coefficient (Wildman–Crippen LogP) is 1.66. The number of carboxylic acids is 1. The predicted molar refractivity (Wildman–Crippen MR) is 67.0 cm³/mol. The van der Waals surface area contributed by atoms with E-state index in [2.05, 4.69) is 15.3 Å². The van der Waals surface area contributed by atoms with E-state index in [9.17, 15) is 18.0 Å². The van der Waals surface area contributed by atoms with Crippen LogP contribution in [0.2, 0.25) is 0 Å². The van der Waals surface area contributed by atoms with Gasteiger partial charge >= 0.3 is 12.1 Å². The van der Waals surface area contributed by atoms with Crippen LogP contribution >= 0.6 is 0 Å². The number of alkyl halides is 3. The fourth-order valence-corrected chi connectivity index (χ4v) is 1.64. The van der Waals surface area contributed by atoms with E-state index in [-0.39, 0.29) is 16.9 Å². The van der Waals surface area contributed by atoms with Crippen molar-refractivity contribution in [1.82, 2.24) is 9.97 Å². The van der Waals surface area contributed by atoms with Gasteiger partial charge in [0.15, 0.2) is 6.10 Å². The first-order valence-corrected chi connectivity index (χ1v) is 5.75. The molecule has 6 nitrogen and oxygen atoms in total. The minimum atomic E-state index is -4.73. The summed E-state index contributed by atoms with van der Waals surface area (Å²) in [6, 6.07) is 3.96. The average molecular weight is 301 g/mol. The van der Waals surface area contributed by atoms with Gasteiger partial charge in [0.25, 0.3) is 0 Å². The molecule has 2 aromatic rings. The summed E-state index contributed by atoms with van der Waals surface area (Å²) in [6.45, 7) is -0.768. The Balaban J connectivity index is 2.27. The molecule has 21 heavy (non-hydrogen) atoms. The maximum absolute atomic E-state index is 12.2. The third-order valence-corrected chi connectivity index (χ3v) is 2.72. The second kappa shape index (κ2) is 5.52. The molecule has 3 N–H and O–H groups in total. The number of aliphatic hydroxyl groups excluding tert-OH is 1. The number of carboxylic acid groups (broad SMARTS) is 1. The number of rotatable bonds is 4. The first-order chi connectivity index (χ1) is 9.79. The first-order valence-electron chi connectivity index (χ1n) is 5.75. The van der Waals surface area contributed by atoms with Crippen molar-refractivity contribution >= 4 is 22.7 Å². The molecule has 0 spiro atoms. The van der Waals surface area contributed by atoms with Crippen LogP contribution in [0.4, 0.5) is 19.0 Å². The number of hydrogen-bond acceptors (Lipinski definition) is 5. The van der Waals surface area contributed by atoms with Crippen molar-refractivity contribution in [3.8, 4) is 0 Å². The summed E-state index contributed by atoms with van der Waals surface area (Å²) in [5, 5.41) is 20.5. The molecular formula is C12H10F3N3O3. The summed E-state index contributed by atoms with van der Waals surface area (Å²) in [4.78, 5) is 18.5. The van der Waals surface area contributed by atoms with Crippen molar-refractivity contribution < 1.29 is 28.2 Å². The van der Waals surface area contributed by atoms with Gasteiger partial charge in [-0.15, -0.1) is 0 Å². The largest absolute Gasteiger partial charge is 0.478 e. The van der Waals surface area contributed by atoms with Crippen molar-refractivity contribution in [3.05, 3.63) is 30.1 Å². The van der Waals surface area contributed by atoms with Gasteiger partial charge in [-0.2, -0.15) is 13.2 Å². The number of hydrogen-bond donors (Lipinski definition) is 3. The number of carbonyl (C=O) groups is 1. The lowest BCUT2D eigenvalue weighted by atomic mass is 10.1. The van der Waals surface area contributed by atoms with Crippen LogP contribution in [0, 0.1) is 0 Å². The molecular weight excluding hydrogens is 291 g/mol. The molecule has 1 heterocycles. The van der Waals surface area contributed by atoms with Crippen LogP contribution < -0.4 is 5.32 Å². The molecule has 2 rings (SSSR count). The zero-order valence-electron chi connectivity index (χ0n) is 10.4. The molecule has 9 heteroatoms. The Kier molecular flexibility index (Phi) is 3.94. The first kappa shape index (κ1) is 15.0. The second-order valence-electron chi connectivity index (χ2n) is 4.20. The zero-order valence-corrected chi connectivity index (χ0v) is 10.4. The molecule has 0 aliphatic carbocycles. The molecule has 0 amide bonds. The summed E-state index contributed by atoms with van der Waals surface area (Å²) in [7, 11) is 0. The van der Waals surface area contributed by atoms with Gasteiger partial charge in [-0.1, -0.05) is 0 Å². The topological polar surface area (TPSA) is 95.3 Å². The van der Waals surface area contributed by atoms with Crippen LogP contribution in [0.25, 0.3) is 10.9 Å². The van der Waals surface area contributed by atoms with Crippen LogP contribution in [0.15, 0.2) is 24.5 Å². The van der Waals surface area contributed by atoms with Crippen LogP contribution in [0.3, 0.4) is 0 Å². The van der Waals surface area contributed by atoms with Gasteiger partial charge < -0.3 is 15.5 Å². The highest BCUT2D eigenvalue weighted by atomic mass is 19.4. The van der Waals surface area contributed by atoms with Gasteiger partial charge in [0.05, 0.1) is 17.6 Å². The minimum Gasteiger partial charge on any atom is -0.478 e. The molecule has 0 bridgehead atoms. The molecule has 1 atom stereocenters. The normalized spacial score (nSPS) is 13.1. The van der Waals surface area contributed by atoms with Crippen molar-refractivity contribution in [2.24, 2.45) is 0 Å². The SMILES string of the molecule is O=C(O)c1ccc2c(NCC(O)C(F)(F)F)ncnc2c1. The number of nitrogens with zero attached hydrogens (tertiary/aromatic N) is 2. The Morgan fingerprint density at radius 1 is 1.33 bits per heavy atom. The highest BCUT2D eigenvalue weighted by Crippen LogP contribution is 2.23. The maximum atomic E-state index is 12.2. The summed E-state index contributed by atoms with van der Waals surface area (Å²) in [5.74, 6) is -1.06. The number of aromatic nitrogens is 2. The lowest BCUT2D eigenvalue weighted by Gasteiger charge is -2.16. The average Bonchev–Trinajstić information content (AvgIpc) is 2.42. The van der Waals surface area contributed by atoms with E-state index in [0.29, 0.717) is 5.39 Å². The highest BCUT2D eigenvalue weighted by Gasteiger charge is 2.37.